The molecule has 0 unspecified atom stereocenters. The average Bonchev–Trinajstić information content (AvgIpc) is 2.73. The van der Waals surface area contributed by atoms with E-state index in [1.54, 1.807) is 42.3 Å². The summed E-state index contributed by atoms with van der Waals surface area (Å²) in [6.07, 6.45) is 0. The largest absolute Gasteiger partial charge is 0.491 e. The van der Waals surface area contributed by atoms with Crippen LogP contribution in [0.2, 0.25) is 5.02 Å². The Labute approximate surface area is 180 Å². The molecule has 154 valence electrons. The van der Waals surface area contributed by atoms with Gasteiger partial charge < -0.3 is 9.84 Å². The Kier molecular flexibility index (Phi) is 7.22. The van der Waals surface area contributed by atoms with Crippen molar-refractivity contribution in [3.63, 3.8) is 0 Å². The lowest BCUT2D eigenvalue weighted by molar-refractivity contribution is -0.138. The molecular formula is C24H22ClNO4. The van der Waals surface area contributed by atoms with Gasteiger partial charge in [0.1, 0.15) is 12.4 Å². The molecule has 0 fully saturated rings. The van der Waals surface area contributed by atoms with Gasteiger partial charge in [-0.15, -0.1) is 0 Å². The second kappa shape index (κ2) is 10.1. The van der Waals surface area contributed by atoms with Crippen molar-refractivity contribution in [2.45, 2.75) is 0 Å². The fraction of sp³-hybridized carbons (Fsp3) is 0.167. The molecule has 0 heterocycles. The number of ketones is 1. The number of carboxylic acids is 1. The normalized spacial score (nSPS) is 10.8. The SMILES string of the molecule is CN(CCOc1ccc(-c2ccccc2)cc1C(=O)c1cccc(Cl)c1)CC(=O)O. The molecule has 5 nitrogen and oxygen atoms in total. The molecule has 3 rings (SSSR count). The van der Waals surface area contributed by atoms with Gasteiger partial charge >= 0.3 is 5.97 Å². The van der Waals surface area contributed by atoms with Crippen molar-refractivity contribution in [2.75, 3.05) is 26.7 Å². The number of rotatable bonds is 9. The van der Waals surface area contributed by atoms with E-state index in [0.717, 1.165) is 11.1 Å². The zero-order valence-corrected chi connectivity index (χ0v) is 17.3. The molecule has 30 heavy (non-hydrogen) atoms. The highest BCUT2D eigenvalue weighted by Gasteiger charge is 2.17. The highest BCUT2D eigenvalue weighted by molar-refractivity contribution is 6.31. The Bertz CT molecular complexity index is 1040. The molecule has 6 heteroatoms. The minimum absolute atomic E-state index is 0.0788. The molecule has 0 saturated heterocycles. The van der Waals surface area contributed by atoms with Gasteiger partial charge in [0.15, 0.2) is 5.78 Å². The van der Waals surface area contributed by atoms with E-state index in [-0.39, 0.29) is 18.9 Å². The summed E-state index contributed by atoms with van der Waals surface area (Å²) >= 11 is 6.07. The van der Waals surface area contributed by atoms with Crippen molar-refractivity contribution < 1.29 is 19.4 Å². The summed E-state index contributed by atoms with van der Waals surface area (Å²) in [5, 5.41) is 9.35. The Balaban J connectivity index is 1.89. The third-order valence-electron chi connectivity index (χ3n) is 4.55. The van der Waals surface area contributed by atoms with Gasteiger partial charge in [-0.05, 0) is 42.4 Å². The van der Waals surface area contributed by atoms with Crippen LogP contribution in [0.1, 0.15) is 15.9 Å². The molecule has 0 aliphatic rings. The minimum Gasteiger partial charge on any atom is -0.491 e. The lowest BCUT2D eigenvalue weighted by atomic mass is 9.97. The van der Waals surface area contributed by atoms with Gasteiger partial charge in [-0.3, -0.25) is 14.5 Å². The number of carbonyl (C=O) groups is 2. The van der Waals surface area contributed by atoms with E-state index in [9.17, 15) is 9.59 Å². The Morgan fingerprint density at radius 2 is 1.73 bits per heavy atom. The van der Waals surface area contributed by atoms with Crippen LogP contribution in [-0.2, 0) is 4.79 Å². The van der Waals surface area contributed by atoms with E-state index in [1.165, 1.54) is 0 Å². The fourth-order valence-electron chi connectivity index (χ4n) is 3.05. The standard InChI is InChI=1S/C24H22ClNO4/c1-26(16-23(27)28)12-13-30-22-11-10-18(17-6-3-2-4-7-17)15-21(22)24(29)19-8-5-9-20(25)14-19/h2-11,14-15H,12-13,16H2,1H3,(H,27,28). The van der Waals surface area contributed by atoms with E-state index in [2.05, 4.69) is 0 Å². The van der Waals surface area contributed by atoms with E-state index < -0.39 is 5.97 Å². The summed E-state index contributed by atoms with van der Waals surface area (Å²) in [4.78, 5) is 25.7. The number of aliphatic carboxylic acids is 1. The topological polar surface area (TPSA) is 66.8 Å². The fourth-order valence-corrected chi connectivity index (χ4v) is 3.24. The van der Waals surface area contributed by atoms with Crippen molar-refractivity contribution in [3.05, 3.63) is 88.9 Å². The smallest absolute Gasteiger partial charge is 0.317 e. The number of hydrogen-bond acceptors (Lipinski definition) is 4. The lowest BCUT2D eigenvalue weighted by Gasteiger charge is -2.17. The number of carboxylic acid groups (broad SMARTS) is 1. The molecule has 0 atom stereocenters. The molecular weight excluding hydrogens is 402 g/mol. The first-order valence-electron chi connectivity index (χ1n) is 9.47. The molecule has 0 aliphatic heterocycles. The maximum atomic E-state index is 13.2. The van der Waals surface area contributed by atoms with Crippen LogP contribution in [0.3, 0.4) is 0 Å². The summed E-state index contributed by atoms with van der Waals surface area (Å²) in [7, 11) is 1.70. The molecule has 0 aliphatic carbocycles. The molecule has 0 bridgehead atoms. The molecule has 3 aromatic carbocycles. The summed E-state index contributed by atoms with van der Waals surface area (Å²) in [5.41, 5.74) is 2.79. The van der Waals surface area contributed by atoms with Gasteiger partial charge in [-0.1, -0.05) is 60.1 Å². The number of nitrogens with zero attached hydrogens (tertiary/aromatic N) is 1. The predicted octanol–water partition coefficient (Wildman–Crippen LogP) is 4.63. The van der Waals surface area contributed by atoms with Gasteiger partial charge in [-0.2, -0.15) is 0 Å². The van der Waals surface area contributed by atoms with Crippen LogP contribution in [-0.4, -0.2) is 48.5 Å². The molecule has 3 aromatic rings. The van der Waals surface area contributed by atoms with Crippen LogP contribution in [0.5, 0.6) is 5.75 Å². The van der Waals surface area contributed by atoms with Gasteiger partial charge in [0.2, 0.25) is 0 Å². The second-order valence-electron chi connectivity index (χ2n) is 6.90. The highest BCUT2D eigenvalue weighted by Crippen LogP contribution is 2.29. The first kappa shape index (κ1) is 21.6. The predicted molar refractivity (Wildman–Crippen MR) is 117 cm³/mol. The van der Waals surface area contributed by atoms with E-state index in [0.29, 0.717) is 28.4 Å². The maximum absolute atomic E-state index is 13.2. The van der Waals surface area contributed by atoms with E-state index in [4.69, 9.17) is 21.4 Å². The van der Waals surface area contributed by atoms with Crippen molar-refractivity contribution in [2.24, 2.45) is 0 Å². The van der Waals surface area contributed by atoms with Crippen molar-refractivity contribution in [1.82, 2.24) is 4.90 Å². The molecule has 0 radical (unpaired) electrons. The second-order valence-corrected chi connectivity index (χ2v) is 7.33. The third kappa shape index (κ3) is 5.69. The Hall–Kier alpha value is -3.15. The Morgan fingerprint density at radius 3 is 2.43 bits per heavy atom. The number of halogens is 1. The van der Waals surface area contributed by atoms with Gasteiger partial charge in [0.25, 0.3) is 0 Å². The summed E-state index contributed by atoms with van der Waals surface area (Å²) in [6, 6.07) is 22.1. The quantitative estimate of drug-likeness (QED) is 0.508. The zero-order valence-electron chi connectivity index (χ0n) is 16.5. The number of hydrogen-bond donors (Lipinski definition) is 1. The average molecular weight is 424 g/mol. The lowest BCUT2D eigenvalue weighted by Crippen LogP contribution is -2.29. The van der Waals surface area contributed by atoms with E-state index in [1.807, 2.05) is 42.5 Å². The van der Waals surface area contributed by atoms with Gasteiger partial charge in [0, 0.05) is 17.1 Å². The first-order valence-corrected chi connectivity index (χ1v) is 9.84. The van der Waals surface area contributed by atoms with Crippen LogP contribution in [0.25, 0.3) is 11.1 Å². The third-order valence-corrected chi connectivity index (χ3v) is 4.79. The monoisotopic (exact) mass is 423 g/mol. The highest BCUT2D eigenvalue weighted by atomic mass is 35.5. The molecule has 0 amide bonds. The zero-order chi connectivity index (χ0) is 21.5. The molecule has 0 spiro atoms. The minimum atomic E-state index is -0.901. The van der Waals surface area contributed by atoms with E-state index >= 15 is 0 Å². The maximum Gasteiger partial charge on any atom is 0.317 e. The van der Waals surface area contributed by atoms with Crippen LogP contribution in [0, 0.1) is 0 Å². The van der Waals surface area contributed by atoms with Crippen LogP contribution in [0.4, 0.5) is 0 Å². The Morgan fingerprint density at radius 1 is 0.967 bits per heavy atom. The number of likely N-dealkylation sites (N-methyl/N-ethyl adjacent to an activating group) is 1. The van der Waals surface area contributed by atoms with Crippen LogP contribution < -0.4 is 4.74 Å². The van der Waals surface area contributed by atoms with Gasteiger partial charge in [0.05, 0.1) is 12.1 Å². The van der Waals surface area contributed by atoms with Crippen molar-refractivity contribution in [3.8, 4) is 16.9 Å². The molecule has 0 aromatic heterocycles. The van der Waals surface area contributed by atoms with Crippen molar-refractivity contribution >= 4 is 23.4 Å². The van der Waals surface area contributed by atoms with Crippen LogP contribution >= 0.6 is 11.6 Å². The van der Waals surface area contributed by atoms with Gasteiger partial charge in [-0.25, -0.2) is 0 Å². The first-order chi connectivity index (χ1) is 14.4. The number of ether oxygens (including phenoxy) is 1. The number of benzene rings is 3. The van der Waals surface area contributed by atoms with Crippen LogP contribution in [0.15, 0.2) is 72.8 Å². The summed E-state index contributed by atoms with van der Waals surface area (Å²) in [6.45, 7) is 0.590. The summed E-state index contributed by atoms with van der Waals surface area (Å²) < 4.78 is 5.86. The van der Waals surface area contributed by atoms with Crippen molar-refractivity contribution in [1.29, 1.82) is 0 Å². The molecule has 0 saturated carbocycles. The number of carbonyl (C=O) groups excluding carboxylic acids is 1. The molecule has 1 N–H and O–H groups in total. The summed E-state index contributed by atoms with van der Waals surface area (Å²) in [5.74, 6) is -0.644.